The van der Waals surface area contributed by atoms with Crippen LogP contribution in [0.4, 0.5) is 10.6 Å². The Morgan fingerprint density at radius 3 is 2.70 bits per heavy atom. The third-order valence-electron chi connectivity index (χ3n) is 6.93. The summed E-state index contributed by atoms with van der Waals surface area (Å²) in [5.41, 5.74) is 8.99. The van der Waals surface area contributed by atoms with Gasteiger partial charge in [0.05, 0.1) is 24.5 Å². The monoisotopic (exact) mass is 504 g/mol. The van der Waals surface area contributed by atoms with Crippen molar-refractivity contribution in [1.82, 2.24) is 25.0 Å². The number of carbonyl (C=O) groups excluding carboxylic acids is 2. The number of carbonyl (C=O) groups is 2. The summed E-state index contributed by atoms with van der Waals surface area (Å²) in [6.07, 6.45) is 7.70. The molecule has 1 saturated heterocycles. The molecule has 1 aromatic carbocycles. The first kappa shape index (κ1) is 24.8. The molecule has 1 saturated carbocycles. The van der Waals surface area contributed by atoms with Crippen LogP contribution in [0.2, 0.25) is 0 Å². The van der Waals surface area contributed by atoms with E-state index in [0.717, 1.165) is 36.0 Å². The van der Waals surface area contributed by atoms with Gasteiger partial charge < -0.3 is 25.4 Å². The average molecular weight is 505 g/mol. The molecule has 194 valence electrons. The fourth-order valence-electron chi connectivity index (χ4n) is 4.89. The van der Waals surface area contributed by atoms with Gasteiger partial charge in [-0.25, -0.2) is 9.78 Å². The first-order chi connectivity index (χ1) is 18.0. The number of pyridine rings is 1. The Hall–Kier alpha value is -3.92. The largest absolute Gasteiger partial charge is 0.443 e. The number of nitrogens with one attached hydrogen (secondary N) is 1. The summed E-state index contributed by atoms with van der Waals surface area (Å²) in [5.74, 6) is -0.164. The minimum absolute atomic E-state index is 0.107. The van der Waals surface area contributed by atoms with Gasteiger partial charge in [0.25, 0.3) is 5.91 Å². The number of hydrogen-bond acceptors (Lipinski definition) is 7. The molecule has 10 heteroatoms. The van der Waals surface area contributed by atoms with Crippen LogP contribution in [0, 0.1) is 0 Å². The van der Waals surface area contributed by atoms with Crippen molar-refractivity contribution in [2.75, 3.05) is 18.8 Å². The highest BCUT2D eigenvalue weighted by Gasteiger charge is 2.35. The molecule has 3 atom stereocenters. The van der Waals surface area contributed by atoms with E-state index in [0.29, 0.717) is 31.7 Å². The summed E-state index contributed by atoms with van der Waals surface area (Å²) in [6.45, 7) is 1.38. The van der Waals surface area contributed by atoms with Crippen LogP contribution in [-0.4, -0.2) is 63.0 Å². The van der Waals surface area contributed by atoms with Gasteiger partial charge >= 0.3 is 6.09 Å². The van der Waals surface area contributed by atoms with Gasteiger partial charge in [0.1, 0.15) is 11.9 Å². The Morgan fingerprint density at radius 2 is 1.92 bits per heavy atom. The molecular formula is C27H32N6O4. The van der Waals surface area contributed by atoms with Crippen LogP contribution < -0.4 is 11.1 Å². The Morgan fingerprint density at radius 1 is 1.11 bits per heavy atom. The van der Waals surface area contributed by atoms with Crippen LogP contribution in [-0.2, 0) is 23.1 Å². The number of aromatic nitrogens is 3. The van der Waals surface area contributed by atoms with Crippen LogP contribution in [0.3, 0.4) is 0 Å². The molecule has 1 aliphatic carbocycles. The molecule has 2 aliphatic rings. The zero-order chi connectivity index (χ0) is 25.8. The molecule has 3 N–H and O–H groups in total. The molecule has 0 radical (unpaired) electrons. The number of nitrogen functional groups attached to an aromatic ring is 1. The highest BCUT2D eigenvalue weighted by Crippen LogP contribution is 2.27. The first-order valence-electron chi connectivity index (χ1n) is 12.6. The summed E-state index contributed by atoms with van der Waals surface area (Å²) in [4.78, 5) is 31.7. The van der Waals surface area contributed by atoms with Crippen LogP contribution in [0.1, 0.15) is 41.6 Å². The van der Waals surface area contributed by atoms with Gasteiger partial charge in [0.15, 0.2) is 0 Å². The molecule has 0 bridgehead atoms. The van der Waals surface area contributed by atoms with Crippen LogP contribution in [0.5, 0.6) is 0 Å². The summed E-state index contributed by atoms with van der Waals surface area (Å²) < 4.78 is 13.6. The molecule has 1 aliphatic heterocycles. The predicted octanol–water partition coefficient (Wildman–Crippen LogP) is 3.14. The molecule has 5 rings (SSSR count). The molecule has 2 amide bonds. The van der Waals surface area contributed by atoms with Gasteiger partial charge in [0, 0.05) is 49.7 Å². The number of aryl methyl sites for hydroxylation is 1. The second kappa shape index (κ2) is 11.0. The van der Waals surface area contributed by atoms with Gasteiger partial charge in [-0.3, -0.25) is 9.48 Å². The molecule has 0 spiro atoms. The van der Waals surface area contributed by atoms with Crippen LogP contribution in [0.15, 0.2) is 55.0 Å². The molecule has 0 unspecified atom stereocenters. The lowest BCUT2D eigenvalue weighted by atomic mass is 10.1. The Balaban J connectivity index is 1.13. The highest BCUT2D eigenvalue weighted by molar-refractivity contribution is 5.99. The Bertz CT molecular complexity index is 1250. The molecule has 3 heterocycles. The van der Waals surface area contributed by atoms with Crippen molar-refractivity contribution in [1.29, 1.82) is 0 Å². The van der Waals surface area contributed by atoms with Crippen molar-refractivity contribution in [3.8, 4) is 11.1 Å². The second-order valence-electron chi connectivity index (χ2n) is 9.65. The molecule has 10 nitrogen and oxygen atoms in total. The van der Waals surface area contributed by atoms with E-state index in [1.807, 2.05) is 43.6 Å². The quantitative estimate of drug-likeness (QED) is 0.506. The van der Waals surface area contributed by atoms with Gasteiger partial charge in [-0.2, -0.15) is 5.10 Å². The maximum atomic E-state index is 13.0. The number of benzene rings is 1. The zero-order valence-corrected chi connectivity index (χ0v) is 20.9. The number of rotatable bonds is 7. The third kappa shape index (κ3) is 5.91. The number of anilines is 1. The van der Waals surface area contributed by atoms with E-state index in [1.54, 1.807) is 28.0 Å². The van der Waals surface area contributed by atoms with Gasteiger partial charge in [-0.1, -0.05) is 30.3 Å². The lowest BCUT2D eigenvalue weighted by Gasteiger charge is -2.24. The van der Waals surface area contributed by atoms with Gasteiger partial charge in [-0.05, 0) is 37.3 Å². The van der Waals surface area contributed by atoms with Crippen LogP contribution in [0.25, 0.3) is 11.1 Å². The van der Waals surface area contributed by atoms with Gasteiger partial charge in [-0.15, -0.1) is 0 Å². The SMILES string of the molecule is Cn1cc(-c2cnc(N)c(C(=O)N[C@@H]3CCN(C(=O)O[C@H]4CCC[C@@H]4OCc4ccccc4)C3)c2)cn1. The molecule has 37 heavy (non-hydrogen) atoms. The van der Waals surface area contributed by atoms with Crippen molar-refractivity contribution in [2.24, 2.45) is 7.05 Å². The predicted molar refractivity (Wildman–Crippen MR) is 137 cm³/mol. The van der Waals surface area contributed by atoms with E-state index >= 15 is 0 Å². The molecular weight excluding hydrogens is 472 g/mol. The summed E-state index contributed by atoms with van der Waals surface area (Å²) in [5, 5.41) is 7.15. The van der Waals surface area contributed by atoms with E-state index in [2.05, 4.69) is 15.4 Å². The minimum Gasteiger partial charge on any atom is -0.443 e. The maximum absolute atomic E-state index is 13.0. The topological polar surface area (TPSA) is 125 Å². The van der Waals surface area contributed by atoms with Gasteiger partial charge in [0.2, 0.25) is 0 Å². The fraction of sp³-hybridized carbons (Fsp3) is 0.407. The Kier molecular flexibility index (Phi) is 7.36. The number of amides is 2. The summed E-state index contributed by atoms with van der Waals surface area (Å²) in [7, 11) is 1.82. The number of hydrogen-bond donors (Lipinski definition) is 2. The number of ether oxygens (including phenoxy) is 2. The van der Waals surface area contributed by atoms with Crippen molar-refractivity contribution in [3.05, 3.63) is 66.1 Å². The van der Waals surface area contributed by atoms with Crippen molar-refractivity contribution < 1.29 is 19.1 Å². The summed E-state index contributed by atoms with van der Waals surface area (Å²) >= 11 is 0. The standard InChI is InChI=1S/C27H32N6O4/c1-32-15-20(14-30-32)19-12-22(25(28)29-13-19)26(34)31-21-10-11-33(16-21)27(35)37-24-9-5-8-23(24)36-17-18-6-3-2-4-7-18/h2-4,6-7,12-15,21,23-24H,5,8-11,16-17H2,1H3,(H2,28,29)(H,31,34)/t21-,23+,24+/m1/s1. The van der Waals surface area contributed by atoms with Crippen molar-refractivity contribution in [3.63, 3.8) is 0 Å². The average Bonchev–Trinajstić information content (AvgIpc) is 3.65. The minimum atomic E-state index is -0.364. The fourth-order valence-corrected chi connectivity index (χ4v) is 4.89. The normalized spacial score (nSPS) is 21.2. The molecule has 2 fully saturated rings. The van der Waals surface area contributed by atoms with E-state index in [4.69, 9.17) is 15.2 Å². The molecule has 2 aromatic heterocycles. The second-order valence-corrected chi connectivity index (χ2v) is 9.65. The maximum Gasteiger partial charge on any atom is 0.410 e. The lowest BCUT2D eigenvalue weighted by molar-refractivity contribution is -0.0413. The van der Waals surface area contributed by atoms with Crippen LogP contribution >= 0.6 is 0 Å². The van der Waals surface area contributed by atoms with E-state index in [9.17, 15) is 9.59 Å². The first-order valence-corrected chi connectivity index (χ1v) is 12.6. The van der Waals surface area contributed by atoms with E-state index < -0.39 is 0 Å². The van der Waals surface area contributed by atoms with E-state index in [-0.39, 0.29) is 36.1 Å². The highest BCUT2D eigenvalue weighted by atomic mass is 16.6. The van der Waals surface area contributed by atoms with Crippen molar-refractivity contribution >= 4 is 17.8 Å². The summed E-state index contributed by atoms with van der Waals surface area (Å²) in [6, 6.07) is 11.5. The lowest BCUT2D eigenvalue weighted by Crippen LogP contribution is -2.40. The number of nitrogens with two attached hydrogens (primary N) is 1. The van der Waals surface area contributed by atoms with Crippen molar-refractivity contribution in [2.45, 2.75) is 50.5 Å². The third-order valence-corrected chi connectivity index (χ3v) is 6.93. The Labute approximate surface area is 215 Å². The number of likely N-dealkylation sites (tertiary alicyclic amines) is 1. The van der Waals surface area contributed by atoms with E-state index in [1.165, 1.54) is 0 Å². The molecule has 3 aromatic rings. The smallest absolute Gasteiger partial charge is 0.410 e. The zero-order valence-electron chi connectivity index (χ0n) is 20.9. The number of nitrogens with zero attached hydrogens (tertiary/aromatic N) is 4.